The summed E-state index contributed by atoms with van der Waals surface area (Å²) in [5.74, 6) is -0.0737. The van der Waals surface area contributed by atoms with E-state index >= 15 is 0 Å². The predicted molar refractivity (Wildman–Crippen MR) is 62.1 cm³/mol. The van der Waals surface area contributed by atoms with Crippen LogP contribution >= 0.6 is 0 Å². The monoisotopic (exact) mass is 246 g/mol. The van der Waals surface area contributed by atoms with Crippen LogP contribution in [0.15, 0.2) is 36.8 Å². The number of carboxylic acids is 1. The largest absolute Gasteiger partial charge is 0.491 e. The third-order valence-electron chi connectivity index (χ3n) is 2.13. The maximum atomic E-state index is 10.8. The van der Waals surface area contributed by atoms with Gasteiger partial charge in [0.25, 0.3) is 5.88 Å². The molecule has 18 heavy (non-hydrogen) atoms. The molecule has 2 heterocycles. The molecule has 6 heteroatoms. The SMILES string of the molecule is COc1cccnc1Oc1cncc(C(=O)O)c1. The van der Waals surface area contributed by atoms with E-state index in [0.717, 1.165) is 0 Å². The Balaban J connectivity index is 2.28. The Hall–Kier alpha value is -2.63. The van der Waals surface area contributed by atoms with Crippen molar-refractivity contribution in [3.8, 4) is 17.4 Å². The summed E-state index contributed by atoms with van der Waals surface area (Å²) >= 11 is 0. The van der Waals surface area contributed by atoms with Gasteiger partial charge in [0.05, 0.1) is 18.9 Å². The molecule has 0 saturated heterocycles. The Morgan fingerprint density at radius 2 is 2.22 bits per heavy atom. The summed E-state index contributed by atoms with van der Waals surface area (Å²) in [5, 5.41) is 8.84. The minimum Gasteiger partial charge on any atom is -0.491 e. The number of pyridine rings is 2. The smallest absolute Gasteiger partial charge is 0.337 e. The van der Waals surface area contributed by atoms with Gasteiger partial charge in [0.2, 0.25) is 0 Å². The lowest BCUT2D eigenvalue weighted by Gasteiger charge is -2.08. The number of aromatic carboxylic acids is 1. The van der Waals surface area contributed by atoms with Gasteiger partial charge in [-0.2, -0.15) is 0 Å². The zero-order chi connectivity index (χ0) is 13.0. The maximum Gasteiger partial charge on any atom is 0.337 e. The molecule has 0 unspecified atom stereocenters. The van der Waals surface area contributed by atoms with Crippen LogP contribution in [-0.4, -0.2) is 28.2 Å². The van der Waals surface area contributed by atoms with Crippen molar-refractivity contribution < 1.29 is 19.4 Å². The summed E-state index contributed by atoms with van der Waals surface area (Å²) in [6, 6.07) is 4.76. The van der Waals surface area contributed by atoms with Gasteiger partial charge >= 0.3 is 5.97 Å². The Kier molecular flexibility index (Phi) is 3.38. The molecule has 0 aliphatic rings. The zero-order valence-corrected chi connectivity index (χ0v) is 9.53. The maximum absolute atomic E-state index is 10.8. The molecule has 1 N–H and O–H groups in total. The van der Waals surface area contributed by atoms with Crippen molar-refractivity contribution in [3.05, 3.63) is 42.4 Å². The number of carbonyl (C=O) groups is 1. The average Bonchev–Trinajstić information content (AvgIpc) is 2.39. The minimum atomic E-state index is -1.07. The quantitative estimate of drug-likeness (QED) is 0.888. The average molecular weight is 246 g/mol. The second-order valence-electron chi connectivity index (χ2n) is 3.33. The molecular weight excluding hydrogens is 236 g/mol. The van der Waals surface area contributed by atoms with Crippen LogP contribution in [0.2, 0.25) is 0 Å². The van der Waals surface area contributed by atoms with Gasteiger partial charge in [-0.05, 0) is 18.2 Å². The molecule has 2 aromatic heterocycles. The van der Waals surface area contributed by atoms with E-state index in [-0.39, 0.29) is 17.2 Å². The Labute approximate surface area is 103 Å². The van der Waals surface area contributed by atoms with Gasteiger partial charge in [0.15, 0.2) is 5.75 Å². The molecule has 0 amide bonds. The lowest BCUT2D eigenvalue weighted by Crippen LogP contribution is -1.98. The highest BCUT2D eigenvalue weighted by atomic mass is 16.5. The molecule has 2 aromatic rings. The first-order valence-electron chi connectivity index (χ1n) is 5.06. The third kappa shape index (κ3) is 2.54. The van der Waals surface area contributed by atoms with Crippen molar-refractivity contribution in [3.63, 3.8) is 0 Å². The molecule has 0 fully saturated rings. The molecule has 6 nitrogen and oxygen atoms in total. The number of carboxylic acid groups (broad SMARTS) is 1. The highest BCUT2D eigenvalue weighted by Gasteiger charge is 2.09. The highest BCUT2D eigenvalue weighted by Crippen LogP contribution is 2.28. The normalized spacial score (nSPS) is 9.83. The highest BCUT2D eigenvalue weighted by molar-refractivity contribution is 5.87. The molecule has 0 saturated carbocycles. The van der Waals surface area contributed by atoms with E-state index in [1.807, 2.05) is 0 Å². The zero-order valence-electron chi connectivity index (χ0n) is 9.53. The van der Waals surface area contributed by atoms with E-state index in [0.29, 0.717) is 5.75 Å². The standard InChI is InChI=1S/C12H10N2O4/c1-17-10-3-2-4-14-11(10)18-9-5-8(12(15)16)6-13-7-9/h2-7H,1H3,(H,15,16). The Morgan fingerprint density at radius 3 is 2.94 bits per heavy atom. The molecule has 0 bridgehead atoms. The first-order valence-corrected chi connectivity index (χ1v) is 5.06. The van der Waals surface area contributed by atoms with Crippen molar-refractivity contribution in [1.29, 1.82) is 0 Å². The fourth-order valence-electron chi connectivity index (χ4n) is 1.31. The van der Waals surface area contributed by atoms with Gasteiger partial charge in [0.1, 0.15) is 5.75 Å². The number of aromatic nitrogens is 2. The molecule has 0 atom stereocenters. The summed E-state index contributed by atoms with van der Waals surface area (Å²) in [6.45, 7) is 0. The Bertz CT molecular complexity index is 572. The molecule has 0 aromatic carbocycles. The van der Waals surface area contributed by atoms with E-state index in [4.69, 9.17) is 14.6 Å². The second-order valence-corrected chi connectivity index (χ2v) is 3.33. The van der Waals surface area contributed by atoms with Crippen LogP contribution in [0.25, 0.3) is 0 Å². The number of rotatable bonds is 4. The van der Waals surface area contributed by atoms with Crippen molar-refractivity contribution >= 4 is 5.97 Å². The van der Waals surface area contributed by atoms with Crippen LogP contribution < -0.4 is 9.47 Å². The molecule has 0 aliphatic carbocycles. The van der Waals surface area contributed by atoms with Crippen LogP contribution in [0.4, 0.5) is 0 Å². The minimum absolute atomic E-state index is 0.0439. The number of hydrogen-bond acceptors (Lipinski definition) is 5. The second kappa shape index (κ2) is 5.13. The van der Waals surface area contributed by atoms with E-state index in [1.165, 1.54) is 25.6 Å². The van der Waals surface area contributed by atoms with Crippen LogP contribution in [0.3, 0.4) is 0 Å². The lowest BCUT2D eigenvalue weighted by molar-refractivity contribution is 0.0696. The summed E-state index contributed by atoms with van der Waals surface area (Å²) in [4.78, 5) is 18.6. The van der Waals surface area contributed by atoms with Gasteiger partial charge in [0, 0.05) is 12.4 Å². The van der Waals surface area contributed by atoms with Crippen LogP contribution in [0, 0.1) is 0 Å². The van der Waals surface area contributed by atoms with Gasteiger partial charge in [-0.25, -0.2) is 9.78 Å². The predicted octanol–water partition coefficient (Wildman–Crippen LogP) is 1.98. The van der Waals surface area contributed by atoms with Gasteiger partial charge in [-0.3, -0.25) is 4.98 Å². The van der Waals surface area contributed by atoms with Gasteiger partial charge in [-0.15, -0.1) is 0 Å². The molecule has 0 spiro atoms. The molecule has 0 aliphatic heterocycles. The molecular formula is C12H10N2O4. The summed E-state index contributed by atoms with van der Waals surface area (Å²) < 4.78 is 10.5. The van der Waals surface area contributed by atoms with Crippen LogP contribution in [-0.2, 0) is 0 Å². The first-order chi connectivity index (χ1) is 8.70. The van der Waals surface area contributed by atoms with E-state index in [2.05, 4.69) is 9.97 Å². The number of nitrogens with zero attached hydrogens (tertiary/aromatic N) is 2. The van der Waals surface area contributed by atoms with E-state index in [1.54, 1.807) is 18.3 Å². The summed E-state index contributed by atoms with van der Waals surface area (Å²) in [7, 11) is 1.50. The Morgan fingerprint density at radius 1 is 1.39 bits per heavy atom. The van der Waals surface area contributed by atoms with Crippen molar-refractivity contribution in [2.75, 3.05) is 7.11 Å². The van der Waals surface area contributed by atoms with Gasteiger partial charge < -0.3 is 14.6 Å². The van der Waals surface area contributed by atoms with E-state index in [9.17, 15) is 4.79 Å². The molecule has 2 rings (SSSR count). The molecule has 0 radical (unpaired) electrons. The van der Waals surface area contributed by atoms with Crippen LogP contribution in [0.1, 0.15) is 10.4 Å². The van der Waals surface area contributed by atoms with Crippen molar-refractivity contribution in [2.24, 2.45) is 0 Å². The van der Waals surface area contributed by atoms with Crippen molar-refractivity contribution in [2.45, 2.75) is 0 Å². The number of ether oxygens (including phenoxy) is 2. The lowest BCUT2D eigenvalue weighted by atomic mass is 10.3. The molecule has 92 valence electrons. The fraction of sp³-hybridized carbons (Fsp3) is 0.0833. The first kappa shape index (κ1) is 11.8. The number of methoxy groups -OCH3 is 1. The fourth-order valence-corrected chi connectivity index (χ4v) is 1.31. The van der Waals surface area contributed by atoms with Crippen molar-refractivity contribution in [1.82, 2.24) is 9.97 Å². The van der Waals surface area contributed by atoms with Crippen LogP contribution in [0.5, 0.6) is 17.4 Å². The number of hydrogen-bond donors (Lipinski definition) is 1. The van der Waals surface area contributed by atoms with E-state index < -0.39 is 5.97 Å². The van der Waals surface area contributed by atoms with Gasteiger partial charge in [-0.1, -0.05) is 0 Å². The topological polar surface area (TPSA) is 81.5 Å². The summed E-state index contributed by atoms with van der Waals surface area (Å²) in [6.07, 6.45) is 4.19. The summed E-state index contributed by atoms with van der Waals surface area (Å²) in [5.41, 5.74) is 0.0439. The third-order valence-corrected chi connectivity index (χ3v) is 2.13.